The van der Waals surface area contributed by atoms with Gasteiger partial charge in [0.2, 0.25) is 0 Å². The highest BCUT2D eigenvalue weighted by molar-refractivity contribution is 5.15. The minimum atomic E-state index is -4.44. The first-order chi connectivity index (χ1) is 11.3. The molecule has 0 bridgehead atoms. The van der Waals surface area contributed by atoms with Crippen molar-refractivity contribution in [3.8, 4) is 0 Å². The summed E-state index contributed by atoms with van der Waals surface area (Å²) < 4.78 is 38.8. The van der Waals surface area contributed by atoms with Gasteiger partial charge in [-0.05, 0) is 51.8 Å². The van der Waals surface area contributed by atoms with Gasteiger partial charge >= 0.3 is 6.18 Å². The lowest BCUT2D eigenvalue weighted by molar-refractivity contribution is -0.141. The molecule has 2 atom stereocenters. The standard InChI is InChI=1S/C17H24F3N3O/c1-11-10-15(17(18,19)20)22-16(21-11)12-6-8-23(9-7-12)13-4-2-3-5-14(13)24/h10,12-14,24H,2-9H2,1H3/t13-,14-/m1/s1. The molecule has 2 aliphatic rings. The van der Waals surface area contributed by atoms with Crippen LogP contribution in [0.3, 0.4) is 0 Å². The molecule has 3 rings (SSSR count). The van der Waals surface area contributed by atoms with Crippen molar-refractivity contribution >= 4 is 0 Å². The predicted octanol–water partition coefficient (Wildman–Crippen LogP) is 3.29. The van der Waals surface area contributed by atoms with E-state index in [1.165, 1.54) is 0 Å². The number of rotatable bonds is 2. The van der Waals surface area contributed by atoms with Gasteiger partial charge in [0.15, 0.2) is 0 Å². The minimum Gasteiger partial charge on any atom is -0.391 e. The molecule has 2 heterocycles. The molecule has 24 heavy (non-hydrogen) atoms. The lowest BCUT2D eigenvalue weighted by atomic mass is 9.88. The number of halogens is 3. The molecule has 1 saturated heterocycles. The Labute approximate surface area is 140 Å². The van der Waals surface area contributed by atoms with Crippen molar-refractivity contribution in [1.82, 2.24) is 14.9 Å². The number of aliphatic hydroxyl groups is 1. The maximum atomic E-state index is 12.9. The average molecular weight is 343 g/mol. The molecule has 1 aliphatic heterocycles. The number of aromatic nitrogens is 2. The highest BCUT2D eigenvalue weighted by Crippen LogP contribution is 2.33. The third-order valence-electron chi connectivity index (χ3n) is 5.22. The largest absolute Gasteiger partial charge is 0.433 e. The van der Waals surface area contributed by atoms with Crippen LogP contribution < -0.4 is 0 Å². The van der Waals surface area contributed by atoms with E-state index in [0.29, 0.717) is 11.5 Å². The summed E-state index contributed by atoms with van der Waals surface area (Å²) in [7, 11) is 0. The zero-order chi connectivity index (χ0) is 17.3. The lowest BCUT2D eigenvalue weighted by Gasteiger charge is -2.41. The fraction of sp³-hybridized carbons (Fsp3) is 0.765. The molecule has 2 fully saturated rings. The molecule has 0 amide bonds. The summed E-state index contributed by atoms with van der Waals surface area (Å²) in [6.07, 6.45) is 0.833. The maximum absolute atomic E-state index is 12.9. The summed E-state index contributed by atoms with van der Waals surface area (Å²) in [5.74, 6) is 0.272. The molecule has 0 unspecified atom stereocenters. The van der Waals surface area contributed by atoms with Gasteiger partial charge in [0.1, 0.15) is 11.5 Å². The number of alkyl halides is 3. The minimum absolute atomic E-state index is 0.0389. The number of likely N-dealkylation sites (tertiary alicyclic amines) is 1. The Balaban J connectivity index is 1.67. The van der Waals surface area contributed by atoms with E-state index in [0.717, 1.165) is 57.7 Å². The van der Waals surface area contributed by atoms with Gasteiger partial charge in [-0.3, -0.25) is 4.90 Å². The van der Waals surface area contributed by atoms with Gasteiger partial charge in [0.25, 0.3) is 0 Å². The van der Waals surface area contributed by atoms with E-state index in [-0.39, 0.29) is 18.1 Å². The first-order valence-electron chi connectivity index (χ1n) is 8.69. The van der Waals surface area contributed by atoms with Crippen LogP contribution >= 0.6 is 0 Å². The van der Waals surface area contributed by atoms with Crippen LogP contribution in [-0.4, -0.2) is 45.2 Å². The summed E-state index contributed by atoms with van der Waals surface area (Å²) in [6.45, 7) is 3.14. The molecular formula is C17H24F3N3O. The summed E-state index contributed by atoms with van der Waals surface area (Å²) >= 11 is 0. The predicted molar refractivity (Wildman–Crippen MR) is 83.6 cm³/mol. The Bertz CT molecular complexity index is 571. The molecule has 1 saturated carbocycles. The third-order valence-corrected chi connectivity index (χ3v) is 5.22. The molecule has 7 heteroatoms. The van der Waals surface area contributed by atoms with Crippen LogP contribution in [-0.2, 0) is 6.18 Å². The van der Waals surface area contributed by atoms with E-state index < -0.39 is 11.9 Å². The van der Waals surface area contributed by atoms with E-state index in [4.69, 9.17) is 0 Å². The first-order valence-corrected chi connectivity index (χ1v) is 8.69. The molecule has 4 nitrogen and oxygen atoms in total. The Hall–Kier alpha value is -1.21. The SMILES string of the molecule is Cc1cc(C(F)(F)F)nc(C2CCN([C@@H]3CCCC[C@H]3O)CC2)n1. The normalized spacial score (nSPS) is 27.4. The van der Waals surface area contributed by atoms with Crippen LogP contribution in [0.1, 0.15) is 61.7 Å². The van der Waals surface area contributed by atoms with Crippen molar-refractivity contribution < 1.29 is 18.3 Å². The second kappa shape index (κ2) is 6.96. The number of nitrogens with zero attached hydrogens (tertiary/aromatic N) is 3. The molecule has 0 spiro atoms. The van der Waals surface area contributed by atoms with E-state index in [1.807, 2.05) is 0 Å². The molecule has 1 aromatic rings. The van der Waals surface area contributed by atoms with Gasteiger partial charge in [-0.25, -0.2) is 9.97 Å². The molecular weight excluding hydrogens is 319 g/mol. The monoisotopic (exact) mass is 343 g/mol. The molecule has 0 radical (unpaired) electrons. The zero-order valence-corrected chi connectivity index (χ0v) is 13.9. The number of hydrogen-bond acceptors (Lipinski definition) is 4. The van der Waals surface area contributed by atoms with Gasteiger partial charge in [-0.2, -0.15) is 13.2 Å². The van der Waals surface area contributed by atoms with Crippen LogP contribution in [0.25, 0.3) is 0 Å². The third kappa shape index (κ3) is 3.88. The Kier molecular flexibility index (Phi) is 5.11. The number of piperidine rings is 1. The van der Waals surface area contributed by atoms with Crippen LogP contribution in [0.15, 0.2) is 6.07 Å². The topological polar surface area (TPSA) is 49.2 Å². The Morgan fingerprint density at radius 1 is 1.08 bits per heavy atom. The lowest BCUT2D eigenvalue weighted by Crippen LogP contribution is -2.48. The van der Waals surface area contributed by atoms with Gasteiger partial charge in [-0.1, -0.05) is 12.8 Å². The number of aryl methyl sites for hydroxylation is 1. The summed E-state index contributed by atoms with van der Waals surface area (Å²) in [5, 5.41) is 10.2. The van der Waals surface area contributed by atoms with Gasteiger partial charge in [0, 0.05) is 17.7 Å². The van der Waals surface area contributed by atoms with Crippen LogP contribution in [0.4, 0.5) is 13.2 Å². The average Bonchev–Trinajstić information content (AvgIpc) is 2.54. The van der Waals surface area contributed by atoms with Gasteiger partial charge in [-0.15, -0.1) is 0 Å². The fourth-order valence-electron chi connectivity index (χ4n) is 3.93. The second-order valence-electron chi connectivity index (χ2n) is 6.98. The quantitative estimate of drug-likeness (QED) is 0.895. The maximum Gasteiger partial charge on any atom is 0.433 e. The highest BCUT2D eigenvalue weighted by atomic mass is 19.4. The summed E-state index contributed by atoms with van der Waals surface area (Å²) in [4.78, 5) is 10.3. The van der Waals surface area contributed by atoms with E-state index in [1.54, 1.807) is 6.92 Å². The van der Waals surface area contributed by atoms with Crippen LogP contribution in [0.2, 0.25) is 0 Å². The van der Waals surface area contributed by atoms with Gasteiger partial charge < -0.3 is 5.11 Å². The summed E-state index contributed by atoms with van der Waals surface area (Å²) in [6, 6.07) is 1.20. The molecule has 134 valence electrons. The Morgan fingerprint density at radius 2 is 1.75 bits per heavy atom. The Morgan fingerprint density at radius 3 is 2.38 bits per heavy atom. The summed E-state index contributed by atoms with van der Waals surface area (Å²) in [5.41, 5.74) is -0.493. The van der Waals surface area contributed by atoms with Crippen molar-refractivity contribution in [2.45, 2.75) is 69.7 Å². The van der Waals surface area contributed by atoms with Crippen molar-refractivity contribution in [2.75, 3.05) is 13.1 Å². The van der Waals surface area contributed by atoms with Crippen molar-refractivity contribution in [2.24, 2.45) is 0 Å². The van der Waals surface area contributed by atoms with Crippen molar-refractivity contribution in [3.63, 3.8) is 0 Å². The van der Waals surface area contributed by atoms with E-state index >= 15 is 0 Å². The number of aliphatic hydroxyl groups excluding tert-OH is 1. The van der Waals surface area contributed by atoms with E-state index in [9.17, 15) is 18.3 Å². The molecule has 1 aliphatic carbocycles. The van der Waals surface area contributed by atoms with Crippen LogP contribution in [0, 0.1) is 6.92 Å². The highest BCUT2D eigenvalue weighted by Gasteiger charge is 2.36. The molecule has 1 aromatic heterocycles. The van der Waals surface area contributed by atoms with Crippen LogP contribution in [0.5, 0.6) is 0 Å². The molecule has 1 N–H and O–H groups in total. The number of hydrogen-bond donors (Lipinski definition) is 1. The second-order valence-corrected chi connectivity index (χ2v) is 6.98. The smallest absolute Gasteiger partial charge is 0.391 e. The van der Waals surface area contributed by atoms with Crippen molar-refractivity contribution in [3.05, 3.63) is 23.3 Å². The molecule has 0 aromatic carbocycles. The fourth-order valence-corrected chi connectivity index (χ4v) is 3.93. The van der Waals surface area contributed by atoms with Gasteiger partial charge in [0.05, 0.1) is 6.10 Å². The van der Waals surface area contributed by atoms with E-state index in [2.05, 4.69) is 14.9 Å². The zero-order valence-electron chi connectivity index (χ0n) is 13.9. The van der Waals surface area contributed by atoms with Crippen molar-refractivity contribution in [1.29, 1.82) is 0 Å². The first kappa shape index (κ1) is 17.6.